The number of para-hydroxylation sites is 1. The predicted octanol–water partition coefficient (Wildman–Crippen LogP) is 9.71. The lowest BCUT2D eigenvalue weighted by Gasteiger charge is -2.58. The molecule has 0 unspecified atom stereocenters. The zero-order valence-corrected chi connectivity index (χ0v) is 24.4. The molecule has 8 atom stereocenters. The van der Waals surface area contributed by atoms with Gasteiger partial charge in [0.1, 0.15) is 0 Å². The van der Waals surface area contributed by atoms with Crippen molar-refractivity contribution >= 4 is 10.9 Å². The average Bonchev–Trinajstić information content (AvgIpc) is 3.25. The number of rotatable bonds is 6. The number of nitrogens with zero attached hydrogens (tertiary/aromatic N) is 1. The van der Waals surface area contributed by atoms with Crippen LogP contribution in [-0.2, 0) is 0 Å². The van der Waals surface area contributed by atoms with E-state index in [9.17, 15) is 0 Å². The third kappa shape index (κ3) is 4.31. The predicted molar refractivity (Wildman–Crippen MR) is 156 cm³/mol. The minimum absolute atomic E-state index is 0.437. The van der Waals surface area contributed by atoms with Crippen LogP contribution < -0.4 is 4.57 Å². The number of hydrogen-bond donors (Lipinski definition) is 0. The Bertz CT molecular complexity index is 1140. The number of aromatic nitrogens is 1. The molecule has 200 valence electrons. The molecule has 1 nitrogen and oxygen atoms in total. The Morgan fingerprint density at radius 2 is 1.70 bits per heavy atom. The summed E-state index contributed by atoms with van der Waals surface area (Å²) in [6, 6.07) is 14.1. The molecular formula is C36H52N+. The Labute approximate surface area is 227 Å². The van der Waals surface area contributed by atoms with Gasteiger partial charge in [0.15, 0.2) is 12.2 Å². The van der Waals surface area contributed by atoms with Crippen LogP contribution in [0.3, 0.4) is 0 Å². The van der Waals surface area contributed by atoms with Gasteiger partial charge in [-0.25, -0.2) is 0 Å². The van der Waals surface area contributed by atoms with Crippen molar-refractivity contribution in [3.05, 3.63) is 54.2 Å². The average molecular weight is 499 g/mol. The molecule has 0 spiro atoms. The van der Waals surface area contributed by atoms with Crippen molar-refractivity contribution in [2.24, 2.45) is 46.3 Å². The van der Waals surface area contributed by atoms with Gasteiger partial charge in [0.2, 0.25) is 5.52 Å². The van der Waals surface area contributed by atoms with Gasteiger partial charge in [-0.05, 0) is 97.0 Å². The summed E-state index contributed by atoms with van der Waals surface area (Å²) >= 11 is 0. The van der Waals surface area contributed by atoms with E-state index in [4.69, 9.17) is 0 Å². The quantitative estimate of drug-likeness (QED) is 0.276. The molecule has 2 aromatic rings. The monoisotopic (exact) mass is 498 g/mol. The van der Waals surface area contributed by atoms with Gasteiger partial charge in [0, 0.05) is 30.4 Å². The Morgan fingerprint density at radius 3 is 2.54 bits per heavy atom. The first-order valence-electron chi connectivity index (χ1n) is 15.9. The largest absolute Gasteiger partial charge is 0.212 e. The molecule has 3 saturated carbocycles. The van der Waals surface area contributed by atoms with Crippen LogP contribution >= 0.6 is 0 Å². The molecule has 1 heteroatoms. The van der Waals surface area contributed by atoms with E-state index < -0.39 is 0 Å². The molecule has 0 amide bonds. The second-order valence-corrected chi connectivity index (χ2v) is 14.7. The summed E-state index contributed by atoms with van der Waals surface area (Å²) in [4.78, 5) is 0. The molecule has 1 heterocycles. The molecular weight excluding hydrogens is 446 g/mol. The maximum Gasteiger partial charge on any atom is 0.212 e. The van der Waals surface area contributed by atoms with E-state index in [0.29, 0.717) is 16.9 Å². The van der Waals surface area contributed by atoms with Crippen molar-refractivity contribution in [3.63, 3.8) is 0 Å². The van der Waals surface area contributed by atoms with E-state index in [1.54, 1.807) is 0 Å². The molecule has 1 aromatic carbocycles. The lowest BCUT2D eigenvalue weighted by Crippen LogP contribution is -2.52. The van der Waals surface area contributed by atoms with Crippen molar-refractivity contribution in [2.75, 3.05) is 0 Å². The maximum atomic E-state index is 2.77. The van der Waals surface area contributed by atoms with E-state index in [2.05, 4.69) is 87.9 Å². The highest BCUT2D eigenvalue weighted by Crippen LogP contribution is 2.67. The summed E-state index contributed by atoms with van der Waals surface area (Å²) < 4.78 is 2.60. The normalized spacial score (nSPS) is 38.1. The Hall–Kier alpha value is -1.63. The second kappa shape index (κ2) is 9.84. The molecule has 3 fully saturated rings. The third-order valence-corrected chi connectivity index (χ3v) is 12.4. The second-order valence-electron chi connectivity index (χ2n) is 14.7. The zero-order chi connectivity index (χ0) is 25.8. The standard InChI is InChI=1S/C36H52N/c1-25(2)10-8-11-26(3)31-17-18-32-30-16-15-28-24-29(37-23-9-13-27-12-6-7-14-34(27)37)19-21-35(28,4)33(30)20-22-36(31,32)5/h6-7,9,12-15,23,25-26,29-33H,8,10-11,16-22,24H2,1-5H3/q+1/t26-,29-,30+,31-,32+,33+,35+,36-/m1/s1. The summed E-state index contributed by atoms with van der Waals surface area (Å²) in [6.07, 6.45) is 20.7. The van der Waals surface area contributed by atoms with Crippen molar-refractivity contribution in [2.45, 2.75) is 111 Å². The summed E-state index contributed by atoms with van der Waals surface area (Å²) in [5.74, 6) is 5.53. The van der Waals surface area contributed by atoms with Gasteiger partial charge in [0.25, 0.3) is 0 Å². The van der Waals surface area contributed by atoms with E-state index in [-0.39, 0.29) is 0 Å². The maximum absolute atomic E-state index is 2.77. The van der Waals surface area contributed by atoms with Crippen LogP contribution in [0, 0.1) is 46.3 Å². The highest BCUT2D eigenvalue weighted by Gasteiger charge is 2.59. The molecule has 6 rings (SSSR count). The first-order chi connectivity index (χ1) is 17.8. The van der Waals surface area contributed by atoms with Crippen LogP contribution in [0.25, 0.3) is 10.9 Å². The number of allylic oxidation sites excluding steroid dienone is 2. The Balaban J connectivity index is 1.20. The summed E-state index contributed by atoms with van der Waals surface area (Å²) in [7, 11) is 0. The number of hydrogen-bond acceptors (Lipinski definition) is 0. The van der Waals surface area contributed by atoms with E-state index in [1.807, 2.05) is 5.57 Å². The van der Waals surface area contributed by atoms with E-state index in [0.717, 1.165) is 35.5 Å². The van der Waals surface area contributed by atoms with Crippen molar-refractivity contribution in [3.8, 4) is 0 Å². The summed E-state index contributed by atoms with van der Waals surface area (Å²) in [6.45, 7) is 12.8. The molecule has 4 aliphatic carbocycles. The van der Waals surface area contributed by atoms with Crippen molar-refractivity contribution in [1.82, 2.24) is 0 Å². The van der Waals surface area contributed by atoms with Crippen LogP contribution in [-0.4, -0.2) is 0 Å². The molecule has 37 heavy (non-hydrogen) atoms. The molecule has 0 aliphatic heterocycles. The van der Waals surface area contributed by atoms with Gasteiger partial charge < -0.3 is 0 Å². The first kappa shape index (κ1) is 25.6. The van der Waals surface area contributed by atoms with Crippen molar-refractivity contribution in [1.29, 1.82) is 0 Å². The van der Waals surface area contributed by atoms with Crippen LogP contribution in [0.5, 0.6) is 0 Å². The van der Waals surface area contributed by atoms with E-state index >= 15 is 0 Å². The fourth-order valence-electron chi connectivity index (χ4n) is 10.4. The van der Waals surface area contributed by atoms with Gasteiger partial charge >= 0.3 is 0 Å². The molecule has 4 aliphatic rings. The SMILES string of the molecule is CC(C)CCC[C@@H](C)[C@H]1CC[C@H]2[C@@H]3CC=C4C[C@H]([n+]5cccc6ccccc65)CC[C@]4(C)[C@H]3CC[C@]12C. The van der Waals surface area contributed by atoms with Crippen LogP contribution in [0.4, 0.5) is 0 Å². The van der Waals surface area contributed by atoms with Gasteiger partial charge in [0.05, 0.1) is 0 Å². The van der Waals surface area contributed by atoms with Gasteiger partial charge in [-0.1, -0.05) is 77.7 Å². The van der Waals surface area contributed by atoms with Crippen molar-refractivity contribution < 1.29 is 4.57 Å². The molecule has 0 N–H and O–H groups in total. The molecule has 0 saturated heterocycles. The molecule has 1 aromatic heterocycles. The number of pyridine rings is 1. The minimum atomic E-state index is 0.437. The third-order valence-electron chi connectivity index (χ3n) is 12.4. The smallest absolute Gasteiger partial charge is 0.195 e. The lowest BCUT2D eigenvalue weighted by molar-refractivity contribution is -0.700. The fraction of sp³-hybridized carbons (Fsp3) is 0.694. The lowest BCUT2D eigenvalue weighted by atomic mass is 9.47. The van der Waals surface area contributed by atoms with Crippen LogP contribution in [0.1, 0.15) is 111 Å². The zero-order valence-electron chi connectivity index (χ0n) is 24.4. The highest BCUT2D eigenvalue weighted by atomic mass is 15.0. The molecule has 0 bridgehead atoms. The number of fused-ring (bicyclic) bond motifs is 6. The van der Waals surface area contributed by atoms with Gasteiger partial charge in [-0.2, -0.15) is 4.57 Å². The van der Waals surface area contributed by atoms with Gasteiger partial charge in [-0.3, -0.25) is 0 Å². The topological polar surface area (TPSA) is 3.88 Å². The fourth-order valence-corrected chi connectivity index (χ4v) is 10.4. The summed E-state index contributed by atoms with van der Waals surface area (Å²) in [5, 5.41) is 1.37. The molecule has 0 radical (unpaired) electrons. The Kier molecular flexibility index (Phi) is 6.82. The highest BCUT2D eigenvalue weighted by molar-refractivity contribution is 5.75. The minimum Gasteiger partial charge on any atom is -0.195 e. The summed E-state index contributed by atoms with van der Waals surface area (Å²) in [5.41, 5.74) is 4.25. The van der Waals surface area contributed by atoms with Gasteiger partial charge in [-0.15, -0.1) is 0 Å². The van der Waals surface area contributed by atoms with Crippen LogP contribution in [0.15, 0.2) is 54.2 Å². The van der Waals surface area contributed by atoms with E-state index in [1.165, 1.54) is 81.5 Å². The number of benzene rings is 1. The first-order valence-corrected chi connectivity index (χ1v) is 15.9. The van der Waals surface area contributed by atoms with Crippen LogP contribution in [0.2, 0.25) is 0 Å². The Morgan fingerprint density at radius 1 is 0.892 bits per heavy atom.